The van der Waals surface area contributed by atoms with E-state index in [1.165, 1.54) is 5.56 Å². The van der Waals surface area contributed by atoms with Gasteiger partial charge in [0.2, 0.25) is 0 Å². The van der Waals surface area contributed by atoms with Crippen LogP contribution in [0.5, 0.6) is 0 Å². The highest BCUT2D eigenvalue weighted by molar-refractivity contribution is 5.20. The Morgan fingerprint density at radius 3 is 2.10 bits per heavy atom. The SMILES string of the molecule is CC(C)CN(CCN(C)C)C(CN)C(C)c1ccccc1. The molecule has 0 amide bonds. The Hall–Kier alpha value is -0.900. The Morgan fingerprint density at radius 2 is 1.62 bits per heavy atom. The van der Waals surface area contributed by atoms with E-state index in [0.29, 0.717) is 24.4 Å². The molecule has 0 saturated heterocycles. The molecular weight excluding hydrogens is 258 g/mol. The molecule has 2 N–H and O–H groups in total. The average molecular weight is 291 g/mol. The predicted octanol–water partition coefficient (Wildman–Crippen LogP) is 2.64. The molecule has 1 aromatic rings. The van der Waals surface area contributed by atoms with Crippen LogP contribution in [0.25, 0.3) is 0 Å². The molecule has 0 fully saturated rings. The van der Waals surface area contributed by atoms with Crippen molar-refractivity contribution in [3.8, 4) is 0 Å². The fourth-order valence-corrected chi connectivity index (χ4v) is 2.84. The number of likely N-dealkylation sites (N-methyl/N-ethyl adjacent to an activating group) is 1. The van der Waals surface area contributed by atoms with Gasteiger partial charge in [-0.2, -0.15) is 0 Å². The summed E-state index contributed by atoms with van der Waals surface area (Å²) in [6.07, 6.45) is 0. The van der Waals surface area contributed by atoms with Gasteiger partial charge in [-0.3, -0.25) is 4.90 Å². The zero-order valence-corrected chi connectivity index (χ0v) is 14.4. The fraction of sp³-hybridized carbons (Fsp3) is 0.667. The Balaban J connectivity index is 2.83. The van der Waals surface area contributed by atoms with E-state index in [2.05, 4.69) is 75.0 Å². The first-order valence-electron chi connectivity index (χ1n) is 8.09. The summed E-state index contributed by atoms with van der Waals surface area (Å²) in [5, 5.41) is 0. The van der Waals surface area contributed by atoms with Gasteiger partial charge in [0.1, 0.15) is 0 Å². The van der Waals surface area contributed by atoms with Gasteiger partial charge in [0, 0.05) is 32.2 Å². The van der Waals surface area contributed by atoms with E-state index in [9.17, 15) is 0 Å². The summed E-state index contributed by atoms with van der Waals surface area (Å²) in [6.45, 7) is 10.8. The number of hydrogen-bond donors (Lipinski definition) is 1. The van der Waals surface area contributed by atoms with Gasteiger partial charge in [0.15, 0.2) is 0 Å². The smallest absolute Gasteiger partial charge is 0.0285 e. The van der Waals surface area contributed by atoms with Crippen LogP contribution >= 0.6 is 0 Å². The zero-order valence-electron chi connectivity index (χ0n) is 14.4. The van der Waals surface area contributed by atoms with Crippen molar-refractivity contribution in [2.24, 2.45) is 11.7 Å². The van der Waals surface area contributed by atoms with Crippen LogP contribution in [-0.2, 0) is 0 Å². The number of benzene rings is 1. The topological polar surface area (TPSA) is 32.5 Å². The molecule has 0 aliphatic rings. The molecule has 120 valence electrons. The molecule has 3 nitrogen and oxygen atoms in total. The summed E-state index contributed by atoms with van der Waals surface area (Å²) in [4.78, 5) is 4.82. The summed E-state index contributed by atoms with van der Waals surface area (Å²) in [5.74, 6) is 1.11. The highest BCUT2D eigenvalue weighted by Crippen LogP contribution is 2.23. The molecule has 1 rings (SSSR count). The molecule has 0 bridgehead atoms. The lowest BCUT2D eigenvalue weighted by molar-refractivity contribution is 0.147. The average Bonchev–Trinajstić information content (AvgIpc) is 2.45. The first kappa shape index (κ1) is 18.1. The maximum Gasteiger partial charge on any atom is 0.0285 e. The van der Waals surface area contributed by atoms with Gasteiger partial charge in [-0.05, 0) is 31.5 Å². The molecule has 1 aromatic carbocycles. The van der Waals surface area contributed by atoms with Gasteiger partial charge in [0.05, 0.1) is 0 Å². The second-order valence-electron chi connectivity index (χ2n) is 6.69. The summed E-state index contributed by atoms with van der Waals surface area (Å²) >= 11 is 0. The van der Waals surface area contributed by atoms with Gasteiger partial charge in [-0.25, -0.2) is 0 Å². The first-order valence-corrected chi connectivity index (χ1v) is 8.09. The van der Waals surface area contributed by atoms with Crippen LogP contribution in [0.4, 0.5) is 0 Å². The lowest BCUT2D eigenvalue weighted by atomic mass is 9.91. The molecule has 0 spiro atoms. The van der Waals surface area contributed by atoms with Crippen molar-refractivity contribution in [1.29, 1.82) is 0 Å². The Labute approximate surface area is 131 Å². The maximum absolute atomic E-state index is 6.14. The molecule has 0 heterocycles. The Bertz CT molecular complexity index is 375. The highest BCUT2D eigenvalue weighted by atomic mass is 15.2. The van der Waals surface area contributed by atoms with E-state index in [1.807, 2.05) is 0 Å². The Kier molecular flexibility index (Phi) is 7.94. The minimum absolute atomic E-state index is 0.398. The molecule has 21 heavy (non-hydrogen) atoms. The summed E-state index contributed by atoms with van der Waals surface area (Å²) < 4.78 is 0. The minimum Gasteiger partial charge on any atom is -0.329 e. The first-order chi connectivity index (χ1) is 9.95. The summed E-state index contributed by atoms with van der Waals surface area (Å²) in [7, 11) is 4.26. The minimum atomic E-state index is 0.398. The number of nitrogens with two attached hydrogens (primary N) is 1. The molecule has 0 aromatic heterocycles. The van der Waals surface area contributed by atoms with Gasteiger partial charge >= 0.3 is 0 Å². The Morgan fingerprint density at radius 1 is 1.00 bits per heavy atom. The second kappa shape index (κ2) is 9.19. The van der Waals surface area contributed by atoms with Crippen LogP contribution in [0, 0.1) is 5.92 Å². The number of nitrogens with zero attached hydrogens (tertiary/aromatic N) is 2. The third kappa shape index (κ3) is 6.16. The van der Waals surface area contributed by atoms with Crippen molar-refractivity contribution < 1.29 is 0 Å². The van der Waals surface area contributed by atoms with E-state index in [1.54, 1.807) is 0 Å². The van der Waals surface area contributed by atoms with Crippen LogP contribution in [0.1, 0.15) is 32.3 Å². The maximum atomic E-state index is 6.14. The third-order valence-electron chi connectivity index (χ3n) is 4.05. The molecular formula is C18H33N3. The highest BCUT2D eigenvalue weighted by Gasteiger charge is 2.24. The molecule has 0 aliphatic carbocycles. The van der Waals surface area contributed by atoms with Crippen LogP contribution in [0.2, 0.25) is 0 Å². The van der Waals surface area contributed by atoms with E-state index >= 15 is 0 Å². The monoisotopic (exact) mass is 291 g/mol. The van der Waals surface area contributed by atoms with Crippen molar-refractivity contribution in [3.05, 3.63) is 35.9 Å². The van der Waals surface area contributed by atoms with E-state index in [4.69, 9.17) is 5.73 Å². The largest absolute Gasteiger partial charge is 0.329 e. The fourth-order valence-electron chi connectivity index (χ4n) is 2.84. The molecule has 0 aliphatic heterocycles. The van der Waals surface area contributed by atoms with Gasteiger partial charge < -0.3 is 10.6 Å². The molecule has 0 radical (unpaired) electrons. The number of hydrogen-bond acceptors (Lipinski definition) is 3. The molecule has 2 unspecified atom stereocenters. The third-order valence-corrected chi connectivity index (χ3v) is 4.05. The summed E-state index contributed by atoms with van der Waals surface area (Å²) in [5.41, 5.74) is 7.52. The molecule has 2 atom stereocenters. The lowest BCUT2D eigenvalue weighted by Gasteiger charge is -2.37. The zero-order chi connectivity index (χ0) is 15.8. The van der Waals surface area contributed by atoms with Crippen molar-refractivity contribution in [2.45, 2.75) is 32.7 Å². The van der Waals surface area contributed by atoms with Gasteiger partial charge in [-0.15, -0.1) is 0 Å². The molecule has 0 saturated carbocycles. The van der Waals surface area contributed by atoms with Gasteiger partial charge in [0.25, 0.3) is 0 Å². The standard InChI is InChI=1S/C18H33N3/c1-15(2)14-21(12-11-20(4)5)18(13-19)16(3)17-9-7-6-8-10-17/h6-10,15-16,18H,11-14,19H2,1-5H3. The quantitative estimate of drug-likeness (QED) is 0.759. The van der Waals surface area contributed by atoms with Gasteiger partial charge in [-0.1, -0.05) is 51.1 Å². The number of rotatable bonds is 9. The normalized spacial score (nSPS) is 14.9. The van der Waals surface area contributed by atoms with Crippen LogP contribution < -0.4 is 5.73 Å². The van der Waals surface area contributed by atoms with Crippen molar-refractivity contribution in [1.82, 2.24) is 9.80 Å². The lowest BCUT2D eigenvalue weighted by Crippen LogP contribution is -2.48. The van der Waals surface area contributed by atoms with Crippen LogP contribution in [0.3, 0.4) is 0 Å². The van der Waals surface area contributed by atoms with E-state index < -0.39 is 0 Å². The second-order valence-corrected chi connectivity index (χ2v) is 6.69. The summed E-state index contributed by atoms with van der Waals surface area (Å²) in [6, 6.07) is 11.1. The predicted molar refractivity (Wildman–Crippen MR) is 92.7 cm³/mol. The molecule has 3 heteroatoms. The van der Waals surface area contributed by atoms with Crippen LogP contribution in [0.15, 0.2) is 30.3 Å². The van der Waals surface area contributed by atoms with Crippen LogP contribution in [-0.4, -0.2) is 56.1 Å². The van der Waals surface area contributed by atoms with E-state index in [0.717, 1.165) is 19.6 Å². The van der Waals surface area contributed by atoms with Crippen molar-refractivity contribution >= 4 is 0 Å². The van der Waals surface area contributed by atoms with Crippen molar-refractivity contribution in [3.63, 3.8) is 0 Å². The van der Waals surface area contributed by atoms with Crippen molar-refractivity contribution in [2.75, 3.05) is 40.3 Å². The van der Waals surface area contributed by atoms with E-state index in [-0.39, 0.29) is 0 Å².